The summed E-state index contributed by atoms with van der Waals surface area (Å²) in [5, 5.41) is 12.1. The van der Waals surface area contributed by atoms with Crippen molar-refractivity contribution in [2.75, 3.05) is 33.2 Å². The van der Waals surface area contributed by atoms with Crippen LogP contribution in [0.3, 0.4) is 0 Å². The highest BCUT2D eigenvalue weighted by atomic mass is 19.1. The van der Waals surface area contributed by atoms with Gasteiger partial charge in [0.05, 0.1) is 24.2 Å². The average Bonchev–Trinajstić information content (AvgIpc) is 2.88. The van der Waals surface area contributed by atoms with Crippen LogP contribution in [0.1, 0.15) is 64.3 Å². The van der Waals surface area contributed by atoms with Gasteiger partial charge in [-0.05, 0) is 75.4 Å². The summed E-state index contributed by atoms with van der Waals surface area (Å²) in [6.45, 7) is 9.76. The van der Waals surface area contributed by atoms with Crippen molar-refractivity contribution in [2.24, 2.45) is 0 Å². The molecule has 2 amide bonds. The van der Waals surface area contributed by atoms with Gasteiger partial charge in [0, 0.05) is 13.6 Å². The molecule has 0 aliphatic carbocycles. The first-order valence-electron chi connectivity index (χ1n) is 12.8. The summed E-state index contributed by atoms with van der Waals surface area (Å²) in [4.78, 5) is 39.1. The maximum atomic E-state index is 14.6. The molecule has 1 aliphatic rings. The number of carboxylic acid groups (broad SMARTS) is 1. The quantitative estimate of drug-likeness (QED) is 0.396. The Morgan fingerprint density at radius 1 is 1.18 bits per heavy atom. The second-order valence-electron chi connectivity index (χ2n) is 10.6. The molecule has 0 spiro atoms. The fourth-order valence-corrected chi connectivity index (χ4v) is 4.28. The van der Waals surface area contributed by atoms with Crippen LogP contribution in [0.4, 0.5) is 9.18 Å². The summed E-state index contributed by atoms with van der Waals surface area (Å²) >= 11 is 0. The van der Waals surface area contributed by atoms with Crippen molar-refractivity contribution in [3.05, 3.63) is 64.0 Å². The Kier molecular flexibility index (Phi) is 9.32. The number of nitrogens with zero attached hydrogens (tertiary/aromatic N) is 2. The molecule has 0 bridgehead atoms. The van der Waals surface area contributed by atoms with Crippen molar-refractivity contribution >= 4 is 23.7 Å². The molecule has 0 aromatic heterocycles. The van der Waals surface area contributed by atoms with Crippen LogP contribution >= 0.6 is 0 Å². The molecule has 9 nitrogen and oxygen atoms in total. The lowest BCUT2D eigenvalue weighted by molar-refractivity contribution is -0.457. The predicted molar refractivity (Wildman–Crippen MR) is 148 cm³/mol. The van der Waals surface area contributed by atoms with Crippen molar-refractivity contribution in [3.63, 3.8) is 0 Å². The summed E-state index contributed by atoms with van der Waals surface area (Å²) in [7, 11) is 1.43. The molecule has 212 valence electrons. The predicted octanol–water partition coefficient (Wildman–Crippen LogP) is 3.96. The molecule has 1 aliphatic heterocycles. The highest BCUT2D eigenvalue weighted by molar-refractivity contribution is 6.01. The molecule has 0 saturated carbocycles. The van der Waals surface area contributed by atoms with Crippen LogP contribution in [0.25, 0.3) is 0 Å². The minimum atomic E-state index is -1.17. The lowest BCUT2D eigenvalue weighted by Crippen LogP contribution is -2.48. The highest BCUT2D eigenvalue weighted by Crippen LogP contribution is 2.30. The van der Waals surface area contributed by atoms with E-state index in [1.54, 1.807) is 46.8 Å². The van der Waals surface area contributed by atoms with E-state index in [1.165, 1.54) is 29.8 Å². The number of aromatic carboxylic acids is 1. The zero-order valence-electron chi connectivity index (χ0n) is 23.6. The Bertz CT molecular complexity index is 1400. The zero-order valence-corrected chi connectivity index (χ0v) is 23.6. The standard InChI is InChI=1S/C30H34FN3O6/c1-8-21-16-33(11-12-34(21)29(38)40-30(4,5)6)17-26(20-10-9-18(2)24(31)14-20)39-25-13-19(3)22(28(36)37)15-23(25)27(35)32-7/h1,9-10,13-15,26H,11-12,16-17H2,2-7H3,(H-,32,35,36,37)/p+1/t26-/m1/s1. The highest BCUT2D eigenvalue weighted by Gasteiger charge is 2.35. The van der Waals surface area contributed by atoms with Gasteiger partial charge < -0.3 is 19.9 Å². The Balaban J connectivity index is 1.99. The van der Waals surface area contributed by atoms with Crippen LogP contribution in [0, 0.1) is 32.0 Å². The van der Waals surface area contributed by atoms with Gasteiger partial charge in [0.15, 0.2) is 6.54 Å². The van der Waals surface area contributed by atoms with Gasteiger partial charge in [-0.1, -0.05) is 12.1 Å². The van der Waals surface area contributed by atoms with E-state index in [-0.39, 0.29) is 36.5 Å². The molecule has 2 aromatic rings. The lowest BCUT2D eigenvalue weighted by atomic mass is 10.0. The van der Waals surface area contributed by atoms with Crippen LogP contribution in [-0.2, 0) is 4.74 Å². The van der Waals surface area contributed by atoms with Crippen LogP contribution < -0.4 is 10.1 Å². The van der Waals surface area contributed by atoms with Gasteiger partial charge in [-0.15, -0.1) is 11.0 Å². The van der Waals surface area contributed by atoms with E-state index in [0.717, 1.165) is 0 Å². The third kappa shape index (κ3) is 7.24. The third-order valence-electron chi connectivity index (χ3n) is 6.41. The number of carbonyl (C=O) groups is 3. The maximum Gasteiger partial charge on any atom is 0.597 e. The van der Waals surface area contributed by atoms with Crippen molar-refractivity contribution < 1.29 is 37.9 Å². The number of carbonyl (C=O) groups excluding carboxylic acids is 2. The first kappa shape index (κ1) is 30.3. The molecule has 1 atom stereocenters. The number of carboxylic acids is 1. The largest absolute Gasteiger partial charge is 0.597 e. The summed E-state index contributed by atoms with van der Waals surface area (Å²) < 4.78 is 27.9. The fraction of sp³-hybridized carbons (Fsp3) is 0.400. The first-order chi connectivity index (χ1) is 18.7. The van der Waals surface area contributed by atoms with E-state index in [4.69, 9.17) is 15.9 Å². The van der Waals surface area contributed by atoms with E-state index in [0.29, 0.717) is 28.9 Å². The van der Waals surface area contributed by atoms with E-state index in [9.17, 15) is 23.9 Å². The monoisotopic (exact) mass is 552 g/mol. The number of aryl methyl sites for hydroxylation is 2. The number of rotatable bonds is 7. The second-order valence-corrected chi connectivity index (χ2v) is 10.6. The molecule has 3 rings (SSSR count). The van der Waals surface area contributed by atoms with Crippen molar-refractivity contribution in [2.45, 2.75) is 46.3 Å². The normalized spacial score (nSPS) is 14.8. The minimum absolute atomic E-state index is 0.0320. The van der Waals surface area contributed by atoms with Gasteiger partial charge in [-0.2, -0.15) is 4.79 Å². The van der Waals surface area contributed by atoms with Gasteiger partial charge in [0.2, 0.25) is 0 Å². The van der Waals surface area contributed by atoms with Gasteiger partial charge in [-0.25, -0.2) is 9.18 Å². The lowest BCUT2D eigenvalue weighted by Gasteiger charge is -2.30. The van der Waals surface area contributed by atoms with Crippen LogP contribution in [-0.4, -0.2) is 77.1 Å². The molecule has 1 heterocycles. The molecular weight excluding hydrogens is 517 g/mol. The number of benzene rings is 2. The number of ether oxygens (including phenoxy) is 2. The smallest absolute Gasteiger partial charge is 0.484 e. The number of hydrogen-bond donors (Lipinski definition) is 2. The van der Waals surface area contributed by atoms with Crippen LogP contribution in [0.15, 0.2) is 30.3 Å². The number of terminal acetylenes is 1. The number of halogens is 1. The third-order valence-corrected chi connectivity index (χ3v) is 6.41. The Labute approximate surface area is 233 Å². The summed E-state index contributed by atoms with van der Waals surface area (Å²) in [5.74, 6) is 0.613. The maximum absolute atomic E-state index is 14.6. The molecule has 2 aromatic carbocycles. The molecule has 2 N–H and O–H groups in total. The summed E-state index contributed by atoms with van der Waals surface area (Å²) in [6, 6.07) is 7.51. The fourth-order valence-electron chi connectivity index (χ4n) is 4.28. The number of nitrogens with one attached hydrogen (secondary N) is 1. The summed E-state index contributed by atoms with van der Waals surface area (Å²) in [5.41, 5.74) is 1.12. The molecule has 0 saturated heterocycles. The molecular formula is C30H35FN3O6+. The van der Waals surface area contributed by atoms with Crippen LogP contribution in [0.5, 0.6) is 5.75 Å². The van der Waals surface area contributed by atoms with Crippen molar-refractivity contribution in [1.82, 2.24) is 10.2 Å². The van der Waals surface area contributed by atoms with Gasteiger partial charge in [0.1, 0.15) is 23.3 Å². The summed E-state index contributed by atoms with van der Waals surface area (Å²) in [6.07, 6.45) is 4.45. The van der Waals surface area contributed by atoms with Crippen LogP contribution in [0.2, 0.25) is 0 Å². The molecule has 10 heteroatoms. The molecule has 40 heavy (non-hydrogen) atoms. The van der Waals surface area contributed by atoms with Gasteiger partial charge >= 0.3 is 12.1 Å². The van der Waals surface area contributed by atoms with E-state index >= 15 is 0 Å². The Hall–Kier alpha value is -4.23. The first-order valence-corrected chi connectivity index (χ1v) is 12.8. The van der Waals surface area contributed by atoms with Gasteiger partial charge in [-0.3, -0.25) is 9.69 Å². The Morgan fingerprint density at radius 2 is 1.88 bits per heavy atom. The van der Waals surface area contributed by atoms with E-state index in [2.05, 4.69) is 11.2 Å². The number of hydrogen-bond acceptors (Lipinski definition) is 6. The van der Waals surface area contributed by atoms with Crippen molar-refractivity contribution in [3.8, 4) is 18.1 Å². The van der Waals surface area contributed by atoms with E-state index in [1.807, 2.05) is 4.90 Å². The van der Waals surface area contributed by atoms with Crippen molar-refractivity contribution in [1.29, 1.82) is 0 Å². The topological polar surface area (TPSA) is 108 Å². The SMILES string of the molecule is C#CC1=[N+](C(=O)OC(C)(C)C)CCN(C[C@@H](Oc2cc(C)c(C(=O)O)cc2C(=O)NC)c2ccc(C)c(F)c2)C1. The molecule has 0 unspecified atom stereocenters. The number of amides is 2. The average molecular weight is 553 g/mol. The zero-order chi connectivity index (χ0) is 29.8. The van der Waals surface area contributed by atoms with Gasteiger partial charge in [0.25, 0.3) is 11.6 Å². The Morgan fingerprint density at radius 3 is 2.45 bits per heavy atom. The minimum Gasteiger partial charge on any atom is -0.484 e. The molecule has 0 fully saturated rings. The second kappa shape index (κ2) is 12.3. The molecule has 0 radical (unpaired) electrons. The van der Waals surface area contributed by atoms with E-state index < -0.39 is 35.5 Å².